The van der Waals surface area contributed by atoms with Crippen LogP contribution in [0, 0.1) is 23.7 Å². The average molecular weight is 291 g/mol. The van der Waals surface area contributed by atoms with Gasteiger partial charge < -0.3 is 10.6 Å². The molecule has 3 nitrogen and oxygen atoms in total. The molecule has 0 aliphatic heterocycles. The SMILES string of the molecule is CNCC(C)C(=O)NC1CC(C)CCC1C(C)C.Cl. The summed E-state index contributed by atoms with van der Waals surface area (Å²) in [5.41, 5.74) is 0. The van der Waals surface area contributed by atoms with Crippen LogP contribution in [0.15, 0.2) is 0 Å². The molecule has 1 amide bonds. The molecule has 0 aromatic heterocycles. The van der Waals surface area contributed by atoms with Crippen molar-refractivity contribution < 1.29 is 4.79 Å². The van der Waals surface area contributed by atoms with E-state index in [1.807, 2.05) is 14.0 Å². The normalized spacial score (nSPS) is 28.6. The molecule has 0 saturated heterocycles. The van der Waals surface area contributed by atoms with Gasteiger partial charge in [-0.05, 0) is 37.6 Å². The van der Waals surface area contributed by atoms with Gasteiger partial charge in [0.25, 0.3) is 0 Å². The van der Waals surface area contributed by atoms with Crippen LogP contribution in [0.25, 0.3) is 0 Å². The van der Waals surface area contributed by atoms with Gasteiger partial charge in [-0.2, -0.15) is 0 Å². The zero-order valence-electron chi connectivity index (χ0n) is 13.0. The third kappa shape index (κ3) is 5.70. The Bertz CT molecular complexity index is 271. The molecule has 0 heterocycles. The lowest BCUT2D eigenvalue weighted by molar-refractivity contribution is -0.126. The Labute approximate surface area is 124 Å². The number of carbonyl (C=O) groups is 1. The van der Waals surface area contributed by atoms with Crippen molar-refractivity contribution in [1.29, 1.82) is 0 Å². The minimum absolute atomic E-state index is 0. The fraction of sp³-hybridized carbons (Fsp3) is 0.933. The molecule has 4 heteroatoms. The van der Waals surface area contributed by atoms with E-state index in [1.165, 1.54) is 12.8 Å². The van der Waals surface area contributed by atoms with Crippen LogP contribution in [-0.2, 0) is 4.79 Å². The molecule has 4 atom stereocenters. The van der Waals surface area contributed by atoms with Gasteiger partial charge in [0.1, 0.15) is 0 Å². The van der Waals surface area contributed by atoms with Crippen LogP contribution < -0.4 is 10.6 Å². The number of halogens is 1. The highest BCUT2D eigenvalue weighted by atomic mass is 35.5. The van der Waals surface area contributed by atoms with Gasteiger partial charge in [0, 0.05) is 18.5 Å². The van der Waals surface area contributed by atoms with Gasteiger partial charge in [0.2, 0.25) is 5.91 Å². The molecule has 114 valence electrons. The Morgan fingerprint density at radius 2 is 1.89 bits per heavy atom. The largest absolute Gasteiger partial charge is 0.353 e. The lowest BCUT2D eigenvalue weighted by Gasteiger charge is -2.38. The third-order valence-electron chi connectivity index (χ3n) is 4.31. The monoisotopic (exact) mass is 290 g/mol. The number of hydrogen-bond donors (Lipinski definition) is 2. The van der Waals surface area contributed by atoms with Crippen LogP contribution in [0.1, 0.15) is 47.0 Å². The van der Waals surface area contributed by atoms with E-state index >= 15 is 0 Å². The molecule has 0 bridgehead atoms. The predicted molar refractivity (Wildman–Crippen MR) is 83.6 cm³/mol. The summed E-state index contributed by atoms with van der Waals surface area (Å²) in [6.45, 7) is 9.59. The summed E-state index contributed by atoms with van der Waals surface area (Å²) in [7, 11) is 1.89. The summed E-state index contributed by atoms with van der Waals surface area (Å²) in [4.78, 5) is 12.1. The fourth-order valence-electron chi connectivity index (χ4n) is 3.09. The van der Waals surface area contributed by atoms with Gasteiger partial charge >= 0.3 is 0 Å². The molecular formula is C15H31ClN2O. The van der Waals surface area contributed by atoms with Gasteiger partial charge in [-0.25, -0.2) is 0 Å². The van der Waals surface area contributed by atoms with Crippen LogP contribution in [0.3, 0.4) is 0 Å². The molecular weight excluding hydrogens is 260 g/mol. The maximum absolute atomic E-state index is 12.1. The van der Waals surface area contributed by atoms with Gasteiger partial charge in [0.05, 0.1) is 0 Å². The van der Waals surface area contributed by atoms with E-state index in [9.17, 15) is 4.79 Å². The second kappa shape index (κ2) is 8.80. The predicted octanol–water partition coefficient (Wildman–Crippen LogP) is 2.84. The maximum atomic E-state index is 12.1. The highest BCUT2D eigenvalue weighted by Gasteiger charge is 2.32. The quantitative estimate of drug-likeness (QED) is 0.817. The molecule has 0 radical (unpaired) electrons. The molecule has 19 heavy (non-hydrogen) atoms. The van der Waals surface area contributed by atoms with E-state index in [-0.39, 0.29) is 24.2 Å². The minimum atomic E-state index is 0. The minimum Gasteiger partial charge on any atom is -0.353 e. The van der Waals surface area contributed by atoms with E-state index < -0.39 is 0 Å². The Morgan fingerprint density at radius 1 is 1.26 bits per heavy atom. The van der Waals surface area contributed by atoms with Crippen molar-refractivity contribution in [2.24, 2.45) is 23.7 Å². The van der Waals surface area contributed by atoms with Gasteiger partial charge in [-0.3, -0.25) is 4.79 Å². The summed E-state index contributed by atoms with van der Waals surface area (Å²) in [5.74, 6) is 2.30. The van der Waals surface area contributed by atoms with Gasteiger partial charge in [-0.15, -0.1) is 12.4 Å². The Morgan fingerprint density at radius 3 is 2.42 bits per heavy atom. The first-order chi connectivity index (χ1) is 8.45. The van der Waals surface area contributed by atoms with Crippen molar-refractivity contribution in [3.63, 3.8) is 0 Å². The summed E-state index contributed by atoms with van der Waals surface area (Å²) < 4.78 is 0. The zero-order valence-corrected chi connectivity index (χ0v) is 13.8. The van der Waals surface area contributed by atoms with E-state index in [2.05, 4.69) is 31.4 Å². The van der Waals surface area contributed by atoms with E-state index in [0.717, 1.165) is 18.9 Å². The summed E-state index contributed by atoms with van der Waals surface area (Å²) >= 11 is 0. The molecule has 4 unspecified atom stereocenters. The average Bonchev–Trinajstić information content (AvgIpc) is 2.28. The van der Waals surface area contributed by atoms with Crippen molar-refractivity contribution >= 4 is 18.3 Å². The Balaban J connectivity index is 0.00000324. The number of hydrogen-bond acceptors (Lipinski definition) is 2. The fourth-order valence-corrected chi connectivity index (χ4v) is 3.09. The Kier molecular flexibility index (Phi) is 8.67. The van der Waals surface area contributed by atoms with Crippen LogP contribution in [0.5, 0.6) is 0 Å². The van der Waals surface area contributed by atoms with Crippen LogP contribution in [0.4, 0.5) is 0 Å². The molecule has 0 aromatic carbocycles. The van der Waals surface area contributed by atoms with E-state index in [1.54, 1.807) is 0 Å². The molecule has 1 rings (SSSR count). The Hall–Kier alpha value is -0.280. The molecule has 0 spiro atoms. The van der Waals surface area contributed by atoms with E-state index in [0.29, 0.717) is 17.9 Å². The number of amides is 1. The standard InChI is InChI=1S/C15H30N2O.ClH/c1-10(2)13-7-6-11(3)8-14(13)17-15(18)12(4)9-16-5;/h10-14,16H,6-9H2,1-5H3,(H,17,18);1H. The topological polar surface area (TPSA) is 41.1 Å². The molecule has 1 saturated carbocycles. The van der Waals surface area contributed by atoms with Crippen LogP contribution in [-0.4, -0.2) is 25.5 Å². The molecule has 2 N–H and O–H groups in total. The lowest BCUT2D eigenvalue weighted by Crippen LogP contribution is -2.48. The summed E-state index contributed by atoms with van der Waals surface area (Å²) in [5, 5.41) is 6.35. The smallest absolute Gasteiger partial charge is 0.224 e. The molecule has 1 fully saturated rings. The first-order valence-corrected chi connectivity index (χ1v) is 7.40. The molecule has 1 aliphatic carbocycles. The van der Waals surface area contributed by atoms with Crippen LogP contribution >= 0.6 is 12.4 Å². The van der Waals surface area contributed by atoms with Crippen molar-refractivity contribution in [2.45, 2.75) is 53.0 Å². The second-order valence-corrected chi connectivity index (χ2v) is 6.40. The first-order valence-electron chi connectivity index (χ1n) is 7.40. The maximum Gasteiger partial charge on any atom is 0.224 e. The molecule has 1 aliphatic rings. The van der Waals surface area contributed by atoms with Crippen molar-refractivity contribution in [1.82, 2.24) is 10.6 Å². The molecule has 0 aromatic rings. The van der Waals surface area contributed by atoms with Crippen molar-refractivity contribution in [3.8, 4) is 0 Å². The van der Waals surface area contributed by atoms with Crippen molar-refractivity contribution in [2.75, 3.05) is 13.6 Å². The second-order valence-electron chi connectivity index (χ2n) is 6.40. The number of rotatable bonds is 5. The highest BCUT2D eigenvalue weighted by Crippen LogP contribution is 2.33. The van der Waals surface area contributed by atoms with Crippen LogP contribution in [0.2, 0.25) is 0 Å². The highest BCUT2D eigenvalue weighted by molar-refractivity contribution is 5.85. The number of nitrogens with one attached hydrogen (secondary N) is 2. The third-order valence-corrected chi connectivity index (χ3v) is 4.31. The lowest BCUT2D eigenvalue weighted by atomic mass is 9.74. The zero-order chi connectivity index (χ0) is 13.7. The summed E-state index contributed by atoms with van der Waals surface area (Å²) in [6.07, 6.45) is 3.70. The van der Waals surface area contributed by atoms with E-state index in [4.69, 9.17) is 0 Å². The first kappa shape index (κ1) is 18.7. The number of carbonyl (C=O) groups excluding carboxylic acids is 1. The van der Waals surface area contributed by atoms with Crippen molar-refractivity contribution in [3.05, 3.63) is 0 Å². The van der Waals surface area contributed by atoms with Gasteiger partial charge in [0.15, 0.2) is 0 Å². The van der Waals surface area contributed by atoms with Gasteiger partial charge in [-0.1, -0.05) is 34.1 Å². The summed E-state index contributed by atoms with van der Waals surface area (Å²) in [6, 6.07) is 0.376.